The molecule has 156 valence electrons. The van der Waals surface area contributed by atoms with Crippen molar-refractivity contribution in [1.29, 1.82) is 0 Å². The molecule has 3 rings (SSSR count). The minimum atomic E-state index is -0.183. The predicted molar refractivity (Wildman–Crippen MR) is 115 cm³/mol. The molecule has 1 atom stereocenters. The van der Waals surface area contributed by atoms with Crippen LogP contribution in [0.1, 0.15) is 59.5 Å². The third-order valence-corrected chi connectivity index (χ3v) is 5.25. The van der Waals surface area contributed by atoms with E-state index in [0.29, 0.717) is 11.9 Å². The van der Waals surface area contributed by atoms with Crippen molar-refractivity contribution in [3.8, 4) is 0 Å². The Labute approximate surface area is 172 Å². The Morgan fingerprint density at radius 1 is 1.17 bits per heavy atom. The van der Waals surface area contributed by atoms with E-state index in [9.17, 15) is 4.79 Å². The van der Waals surface area contributed by atoms with Crippen molar-refractivity contribution in [3.05, 3.63) is 34.5 Å². The first-order chi connectivity index (χ1) is 13.7. The van der Waals surface area contributed by atoms with Crippen LogP contribution in [0.2, 0.25) is 0 Å². The molecule has 0 saturated carbocycles. The van der Waals surface area contributed by atoms with Gasteiger partial charge in [-0.1, -0.05) is 13.8 Å². The van der Waals surface area contributed by atoms with E-state index in [1.54, 1.807) is 14.1 Å². The number of anilines is 2. The number of aryl methyl sites for hydroxylation is 2. The van der Waals surface area contributed by atoms with E-state index in [2.05, 4.69) is 44.0 Å². The molecular weight excluding hydrogens is 366 g/mol. The molecule has 1 amide bonds. The fraction of sp³-hybridized carbons (Fsp3) is 0.571. The summed E-state index contributed by atoms with van der Waals surface area (Å²) in [6, 6.07) is 2.26. The standard InChI is InChI=1S/C21H31N7O/c1-12(2)17-10-13(3)22-21(25-17)24-16-8-9-28(11-16)19-14(4)15(5)23-18(26-19)20(29)27(6)7/h10,12,16H,8-9,11H2,1-7H3,(H,22,24,25)/t16-/m1/s1. The fourth-order valence-corrected chi connectivity index (χ4v) is 3.42. The highest BCUT2D eigenvalue weighted by atomic mass is 16.2. The van der Waals surface area contributed by atoms with Gasteiger partial charge >= 0.3 is 0 Å². The maximum absolute atomic E-state index is 12.4. The van der Waals surface area contributed by atoms with Crippen molar-refractivity contribution in [2.24, 2.45) is 0 Å². The molecule has 1 aliphatic rings. The molecule has 8 nitrogen and oxygen atoms in total. The van der Waals surface area contributed by atoms with Crippen molar-refractivity contribution in [1.82, 2.24) is 24.8 Å². The summed E-state index contributed by atoms with van der Waals surface area (Å²) in [5.74, 6) is 1.93. The predicted octanol–water partition coefficient (Wildman–Crippen LogP) is 2.71. The highest BCUT2D eigenvalue weighted by Crippen LogP contribution is 2.25. The van der Waals surface area contributed by atoms with Crippen molar-refractivity contribution in [2.45, 2.75) is 53.0 Å². The number of carbonyl (C=O) groups is 1. The van der Waals surface area contributed by atoms with Crippen LogP contribution in [0, 0.1) is 20.8 Å². The van der Waals surface area contributed by atoms with Crippen LogP contribution >= 0.6 is 0 Å². The lowest BCUT2D eigenvalue weighted by Gasteiger charge is -2.22. The molecule has 2 aromatic heterocycles. The number of amides is 1. The molecule has 1 aliphatic heterocycles. The summed E-state index contributed by atoms with van der Waals surface area (Å²) in [6.07, 6.45) is 0.952. The van der Waals surface area contributed by atoms with Crippen LogP contribution in [0.5, 0.6) is 0 Å². The largest absolute Gasteiger partial charge is 0.354 e. The molecule has 0 bridgehead atoms. The van der Waals surface area contributed by atoms with E-state index >= 15 is 0 Å². The number of hydrogen-bond acceptors (Lipinski definition) is 7. The monoisotopic (exact) mass is 397 g/mol. The molecule has 29 heavy (non-hydrogen) atoms. The maximum Gasteiger partial charge on any atom is 0.291 e. The van der Waals surface area contributed by atoms with Crippen molar-refractivity contribution in [2.75, 3.05) is 37.4 Å². The van der Waals surface area contributed by atoms with Crippen LogP contribution in [-0.4, -0.2) is 64.0 Å². The Morgan fingerprint density at radius 2 is 1.90 bits per heavy atom. The quantitative estimate of drug-likeness (QED) is 0.830. The van der Waals surface area contributed by atoms with Crippen molar-refractivity contribution >= 4 is 17.7 Å². The van der Waals surface area contributed by atoms with Gasteiger partial charge in [0.25, 0.3) is 5.91 Å². The first kappa shape index (κ1) is 21.0. The van der Waals surface area contributed by atoms with Gasteiger partial charge in [0, 0.05) is 55.9 Å². The van der Waals surface area contributed by atoms with E-state index in [4.69, 9.17) is 0 Å². The molecule has 3 heterocycles. The topological polar surface area (TPSA) is 87.1 Å². The zero-order valence-corrected chi connectivity index (χ0v) is 18.4. The van der Waals surface area contributed by atoms with E-state index < -0.39 is 0 Å². The maximum atomic E-state index is 12.4. The van der Waals surface area contributed by atoms with Crippen LogP contribution in [0.3, 0.4) is 0 Å². The van der Waals surface area contributed by atoms with Crippen LogP contribution in [0.25, 0.3) is 0 Å². The van der Waals surface area contributed by atoms with Crippen molar-refractivity contribution < 1.29 is 4.79 Å². The number of nitrogens with one attached hydrogen (secondary N) is 1. The Hall–Kier alpha value is -2.77. The lowest BCUT2D eigenvalue weighted by atomic mass is 10.1. The van der Waals surface area contributed by atoms with Crippen LogP contribution in [-0.2, 0) is 0 Å². The van der Waals surface area contributed by atoms with Gasteiger partial charge in [-0.3, -0.25) is 4.79 Å². The zero-order chi connectivity index (χ0) is 21.3. The molecule has 2 aromatic rings. The van der Waals surface area contributed by atoms with E-state index in [1.807, 2.05) is 26.8 Å². The Balaban J connectivity index is 1.78. The lowest BCUT2D eigenvalue weighted by molar-refractivity contribution is 0.0815. The number of aromatic nitrogens is 4. The minimum Gasteiger partial charge on any atom is -0.354 e. The van der Waals surface area contributed by atoms with Crippen molar-refractivity contribution in [3.63, 3.8) is 0 Å². The number of rotatable bonds is 5. The molecular formula is C21H31N7O. The molecule has 1 fully saturated rings. The van der Waals surface area contributed by atoms with Gasteiger partial charge in [0.15, 0.2) is 0 Å². The SMILES string of the molecule is Cc1cc(C(C)C)nc(N[C@@H]2CCN(c3nc(C(=O)N(C)C)nc(C)c3C)C2)n1. The van der Waals surface area contributed by atoms with Crippen LogP contribution in [0.4, 0.5) is 11.8 Å². The minimum absolute atomic E-state index is 0.183. The number of hydrogen-bond donors (Lipinski definition) is 1. The summed E-state index contributed by atoms with van der Waals surface area (Å²) < 4.78 is 0. The molecule has 0 spiro atoms. The zero-order valence-electron chi connectivity index (χ0n) is 18.4. The summed E-state index contributed by atoms with van der Waals surface area (Å²) in [5.41, 5.74) is 3.86. The summed E-state index contributed by atoms with van der Waals surface area (Å²) in [6.45, 7) is 11.8. The van der Waals surface area contributed by atoms with Gasteiger partial charge in [0.05, 0.1) is 0 Å². The number of carbonyl (C=O) groups excluding carboxylic acids is 1. The van der Waals surface area contributed by atoms with Crippen LogP contribution < -0.4 is 10.2 Å². The average molecular weight is 398 g/mol. The molecule has 1 N–H and O–H groups in total. The Bertz CT molecular complexity index is 910. The summed E-state index contributed by atoms with van der Waals surface area (Å²) in [4.78, 5) is 34.3. The normalized spacial score (nSPS) is 16.4. The van der Waals surface area contributed by atoms with Gasteiger partial charge in [0.1, 0.15) is 5.82 Å². The smallest absolute Gasteiger partial charge is 0.291 e. The molecule has 0 aliphatic carbocycles. The van der Waals surface area contributed by atoms with E-state index in [0.717, 1.165) is 48.0 Å². The first-order valence-corrected chi connectivity index (χ1v) is 10.1. The first-order valence-electron chi connectivity index (χ1n) is 10.1. The summed E-state index contributed by atoms with van der Waals surface area (Å²) >= 11 is 0. The summed E-state index contributed by atoms with van der Waals surface area (Å²) in [7, 11) is 3.42. The second-order valence-corrected chi connectivity index (χ2v) is 8.27. The highest BCUT2D eigenvalue weighted by Gasteiger charge is 2.27. The third-order valence-electron chi connectivity index (χ3n) is 5.25. The highest BCUT2D eigenvalue weighted by molar-refractivity contribution is 5.90. The lowest BCUT2D eigenvalue weighted by Crippen LogP contribution is -2.30. The van der Waals surface area contributed by atoms with E-state index in [-0.39, 0.29) is 17.8 Å². The second-order valence-electron chi connectivity index (χ2n) is 8.27. The van der Waals surface area contributed by atoms with Gasteiger partial charge in [-0.05, 0) is 39.2 Å². The van der Waals surface area contributed by atoms with Gasteiger partial charge in [-0.15, -0.1) is 0 Å². The average Bonchev–Trinajstić information content (AvgIpc) is 3.10. The Morgan fingerprint density at radius 3 is 2.55 bits per heavy atom. The molecule has 8 heteroatoms. The van der Waals surface area contributed by atoms with Gasteiger partial charge in [-0.25, -0.2) is 19.9 Å². The second kappa shape index (κ2) is 8.31. The van der Waals surface area contributed by atoms with E-state index in [1.165, 1.54) is 4.90 Å². The fourth-order valence-electron chi connectivity index (χ4n) is 3.42. The molecule has 0 aromatic carbocycles. The third kappa shape index (κ3) is 4.63. The van der Waals surface area contributed by atoms with Gasteiger partial charge < -0.3 is 15.1 Å². The molecule has 0 unspecified atom stereocenters. The molecule has 1 saturated heterocycles. The van der Waals surface area contributed by atoms with Gasteiger partial charge in [0.2, 0.25) is 11.8 Å². The number of nitrogens with zero attached hydrogens (tertiary/aromatic N) is 6. The van der Waals surface area contributed by atoms with Crippen LogP contribution in [0.15, 0.2) is 6.07 Å². The van der Waals surface area contributed by atoms with Gasteiger partial charge in [-0.2, -0.15) is 0 Å². The Kier molecular flexibility index (Phi) is 6.00. The molecule has 0 radical (unpaired) electrons. The summed E-state index contributed by atoms with van der Waals surface area (Å²) in [5, 5.41) is 3.48.